The van der Waals surface area contributed by atoms with Crippen LogP contribution in [0, 0.1) is 6.92 Å². The molecule has 3 rings (SSSR count). The number of hydrogen-bond acceptors (Lipinski definition) is 3. The minimum Gasteiger partial charge on any atom is -0.486 e. The van der Waals surface area contributed by atoms with Crippen LogP contribution in [0.15, 0.2) is 42.5 Å². The molecule has 0 aliphatic carbocycles. The number of primary amides is 2. The number of hydrogen-bond donors (Lipinski definition) is 2. The molecular weight excluding hydrogens is 304 g/mol. The Morgan fingerprint density at radius 3 is 2.17 bits per heavy atom. The van der Waals surface area contributed by atoms with Gasteiger partial charge in [-0.25, -0.2) is 0 Å². The summed E-state index contributed by atoms with van der Waals surface area (Å²) < 4.78 is 6.09. The molecule has 1 aliphatic heterocycles. The fourth-order valence-electron chi connectivity index (χ4n) is 3.90. The van der Waals surface area contributed by atoms with Crippen LogP contribution in [0.25, 0.3) is 0 Å². The van der Waals surface area contributed by atoms with Gasteiger partial charge in [-0.1, -0.05) is 30.3 Å². The van der Waals surface area contributed by atoms with Crippen LogP contribution in [0.3, 0.4) is 0 Å². The van der Waals surface area contributed by atoms with Gasteiger partial charge < -0.3 is 16.2 Å². The summed E-state index contributed by atoms with van der Waals surface area (Å²) in [5.41, 5.74) is 11.6. The molecule has 0 saturated heterocycles. The van der Waals surface area contributed by atoms with Crippen LogP contribution in [-0.4, -0.2) is 17.4 Å². The van der Waals surface area contributed by atoms with Crippen LogP contribution in [0.2, 0.25) is 0 Å². The van der Waals surface area contributed by atoms with Crippen molar-refractivity contribution in [3.05, 3.63) is 64.7 Å². The lowest BCUT2D eigenvalue weighted by Gasteiger charge is -2.38. The number of carbonyl (C=O) groups excluding carboxylic acids is 2. The minimum absolute atomic E-state index is 0.358. The van der Waals surface area contributed by atoms with Gasteiger partial charge in [-0.3, -0.25) is 9.59 Å². The number of ether oxygens (including phenoxy) is 1. The Morgan fingerprint density at radius 2 is 1.62 bits per heavy atom. The molecule has 5 nitrogen and oxygen atoms in total. The van der Waals surface area contributed by atoms with Crippen LogP contribution in [0.1, 0.15) is 40.9 Å². The average molecular weight is 324 g/mol. The van der Waals surface area contributed by atoms with Crippen LogP contribution < -0.4 is 16.2 Å². The molecule has 1 unspecified atom stereocenters. The summed E-state index contributed by atoms with van der Waals surface area (Å²) in [4.78, 5) is 24.5. The van der Waals surface area contributed by atoms with Gasteiger partial charge in [0.05, 0.1) is 0 Å². The van der Waals surface area contributed by atoms with Crippen LogP contribution >= 0.6 is 0 Å². The van der Waals surface area contributed by atoms with Gasteiger partial charge >= 0.3 is 0 Å². The van der Waals surface area contributed by atoms with Crippen molar-refractivity contribution >= 4 is 11.8 Å². The molecular formula is C19H20N2O3. The van der Waals surface area contributed by atoms with E-state index in [1.807, 2.05) is 44.2 Å². The first kappa shape index (κ1) is 16.1. The van der Waals surface area contributed by atoms with E-state index in [2.05, 4.69) is 0 Å². The van der Waals surface area contributed by atoms with E-state index in [0.29, 0.717) is 22.4 Å². The molecule has 124 valence electrons. The quantitative estimate of drug-likeness (QED) is 0.904. The highest BCUT2D eigenvalue weighted by Gasteiger charge is 2.61. The monoisotopic (exact) mass is 324 g/mol. The largest absolute Gasteiger partial charge is 0.486 e. The predicted molar refractivity (Wildman–Crippen MR) is 90.8 cm³/mol. The molecule has 0 saturated carbocycles. The highest BCUT2D eigenvalue weighted by Crippen LogP contribution is 2.54. The Balaban J connectivity index is 2.45. The van der Waals surface area contributed by atoms with E-state index in [-0.39, 0.29) is 0 Å². The molecule has 1 aliphatic rings. The molecule has 4 N–H and O–H groups in total. The summed E-state index contributed by atoms with van der Waals surface area (Å²) in [6, 6.07) is 12.6. The van der Waals surface area contributed by atoms with Crippen molar-refractivity contribution in [1.29, 1.82) is 0 Å². The second-order valence-electron chi connectivity index (χ2n) is 6.57. The zero-order chi connectivity index (χ0) is 17.7. The molecule has 2 aromatic rings. The van der Waals surface area contributed by atoms with E-state index in [0.717, 1.165) is 5.56 Å². The van der Waals surface area contributed by atoms with Crippen molar-refractivity contribution in [3.63, 3.8) is 0 Å². The molecule has 1 atom stereocenters. The molecule has 2 aromatic carbocycles. The van der Waals surface area contributed by atoms with Crippen molar-refractivity contribution in [2.24, 2.45) is 11.5 Å². The smallest absolute Gasteiger partial charge is 0.248 e. The van der Waals surface area contributed by atoms with Gasteiger partial charge in [0.15, 0.2) is 0 Å². The second kappa shape index (κ2) is 5.09. The summed E-state index contributed by atoms with van der Waals surface area (Å²) >= 11 is 0. The van der Waals surface area contributed by atoms with E-state index in [4.69, 9.17) is 16.2 Å². The summed E-state index contributed by atoms with van der Waals surface area (Å²) in [6.45, 7) is 5.42. The van der Waals surface area contributed by atoms with Crippen LogP contribution in [-0.2, 0) is 10.2 Å². The number of fused-ring (bicyclic) bond motifs is 1. The van der Waals surface area contributed by atoms with E-state index in [9.17, 15) is 9.59 Å². The summed E-state index contributed by atoms with van der Waals surface area (Å²) in [5.74, 6) is -0.529. The topological polar surface area (TPSA) is 95.4 Å². The van der Waals surface area contributed by atoms with E-state index >= 15 is 0 Å². The average Bonchev–Trinajstić information content (AvgIpc) is 2.76. The van der Waals surface area contributed by atoms with E-state index < -0.39 is 22.8 Å². The molecule has 0 spiro atoms. The molecule has 5 heteroatoms. The van der Waals surface area contributed by atoms with Gasteiger partial charge in [-0.05, 0) is 44.0 Å². The van der Waals surface area contributed by atoms with Gasteiger partial charge in [0, 0.05) is 11.1 Å². The third-order valence-electron chi connectivity index (χ3n) is 4.91. The molecule has 2 amide bonds. The molecule has 0 aromatic heterocycles. The number of nitrogens with two attached hydrogens (primary N) is 2. The van der Waals surface area contributed by atoms with Gasteiger partial charge in [0.2, 0.25) is 11.8 Å². The molecule has 0 fully saturated rings. The molecule has 24 heavy (non-hydrogen) atoms. The van der Waals surface area contributed by atoms with Crippen molar-refractivity contribution in [3.8, 4) is 5.75 Å². The predicted octanol–water partition coefficient (Wildman–Crippen LogP) is 2.04. The summed E-state index contributed by atoms with van der Waals surface area (Å²) in [5, 5.41) is 0. The van der Waals surface area contributed by atoms with Crippen molar-refractivity contribution in [2.75, 3.05) is 0 Å². The van der Waals surface area contributed by atoms with Gasteiger partial charge in [0.1, 0.15) is 16.8 Å². The normalized spacial score (nSPS) is 21.0. The van der Waals surface area contributed by atoms with Gasteiger partial charge in [-0.15, -0.1) is 0 Å². The summed E-state index contributed by atoms with van der Waals surface area (Å²) in [7, 11) is 0. The molecule has 0 radical (unpaired) electrons. The maximum absolute atomic E-state index is 12.8. The highest BCUT2D eigenvalue weighted by molar-refractivity contribution is 5.99. The lowest BCUT2D eigenvalue weighted by molar-refractivity contribution is -0.126. The van der Waals surface area contributed by atoms with Gasteiger partial charge in [0.25, 0.3) is 0 Å². The Labute approximate surface area is 140 Å². The highest BCUT2D eigenvalue weighted by atomic mass is 16.5. The third kappa shape index (κ3) is 1.87. The summed E-state index contributed by atoms with van der Waals surface area (Å²) in [6.07, 6.45) is 0. The Hall–Kier alpha value is -2.82. The van der Waals surface area contributed by atoms with Crippen LogP contribution in [0.5, 0.6) is 5.75 Å². The standard InChI is InChI=1S/C19H20N2O3/c1-11-13(16(20)22)9-10-14-15(11)19(17(21)23,18(2,3)24-14)12-7-5-4-6-8-12/h4-10H,1-3H3,(H2,20,22)(H2,21,23). The number of amides is 2. The van der Waals surface area contributed by atoms with Gasteiger partial charge in [-0.2, -0.15) is 0 Å². The first-order valence-corrected chi connectivity index (χ1v) is 7.72. The zero-order valence-corrected chi connectivity index (χ0v) is 13.9. The second-order valence-corrected chi connectivity index (χ2v) is 6.57. The number of benzene rings is 2. The first-order valence-electron chi connectivity index (χ1n) is 7.72. The zero-order valence-electron chi connectivity index (χ0n) is 13.9. The van der Waals surface area contributed by atoms with E-state index in [1.54, 1.807) is 19.1 Å². The fourth-order valence-corrected chi connectivity index (χ4v) is 3.90. The number of rotatable bonds is 3. The lowest BCUT2D eigenvalue weighted by atomic mass is 9.64. The van der Waals surface area contributed by atoms with Crippen molar-refractivity contribution in [2.45, 2.75) is 31.8 Å². The number of carbonyl (C=O) groups is 2. The maximum atomic E-state index is 12.8. The Kier molecular flexibility index (Phi) is 3.41. The van der Waals surface area contributed by atoms with E-state index in [1.165, 1.54) is 0 Å². The lowest BCUT2D eigenvalue weighted by Crippen LogP contribution is -2.56. The van der Waals surface area contributed by atoms with Crippen molar-refractivity contribution < 1.29 is 14.3 Å². The minimum atomic E-state index is -1.21. The fraction of sp³-hybridized carbons (Fsp3) is 0.263. The van der Waals surface area contributed by atoms with Crippen molar-refractivity contribution in [1.82, 2.24) is 0 Å². The Morgan fingerprint density at radius 1 is 1.00 bits per heavy atom. The van der Waals surface area contributed by atoms with Crippen LogP contribution in [0.4, 0.5) is 0 Å². The first-order chi connectivity index (χ1) is 11.2. The third-order valence-corrected chi connectivity index (χ3v) is 4.91. The Bertz CT molecular complexity index is 843. The molecule has 0 bridgehead atoms. The molecule has 1 heterocycles. The SMILES string of the molecule is Cc1c(C(N)=O)ccc2c1C(C(N)=O)(c1ccccc1)C(C)(C)O2. The maximum Gasteiger partial charge on any atom is 0.248 e.